The highest BCUT2D eigenvalue weighted by molar-refractivity contribution is 7.88. The van der Waals surface area contributed by atoms with E-state index in [1.165, 1.54) is 39.7 Å². The summed E-state index contributed by atoms with van der Waals surface area (Å²) in [6.45, 7) is 3.91. The molecule has 0 bridgehead atoms. The molecule has 0 atom stereocenters. The van der Waals surface area contributed by atoms with E-state index in [1.54, 1.807) is 6.20 Å². The zero-order chi connectivity index (χ0) is 27.0. The highest BCUT2D eigenvalue weighted by Crippen LogP contribution is 2.27. The first-order chi connectivity index (χ1) is 18.4. The first-order valence-electron chi connectivity index (χ1n) is 13.2. The van der Waals surface area contributed by atoms with Crippen LogP contribution in [0.25, 0.3) is 5.69 Å². The Kier molecular flexibility index (Phi) is 9.52. The van der Waals surface area contributed by atoms with Crippen molar-refractivity contribution < 1.29 is 17.5 Å². The largest absolute Gasteiger partial charge is 0.486 e. The number of nitrogens with zero attached hydrogens (tertiary/aromatic N) is 4. The number of rotatable bonds is 12. The molecule has 1 saturated heterocycles. The van der Waals surface area contributed by atoms with Gasteiger partial charge in [-0.3, -0.25) is 4.79 Å². The molecule has 0 saturated carbocycles. The average Bonchev–Trinajstić information content (AvgIpc) is 2.93. The van der Waals surface area contributed by atoms with E-state index >= 15 is 0 Å². The number of para-hydroxylation sites is 1. The molecule has 0 radical (unpaired) electrons. The molecule has 1 aromatic heterocycles. The van der Waals surface area contributed by atoms with Gasteiger partial charge in [-0.25, -0.2) is 12.8 Å². The number of ether oxygens (including phenoxy) is 1. The van der Waals surface area contributed by atoms with Crippen LogP contribution in [0.4, 0.5) is 10.1 Å². The molecule has 0 unspecified atom stereocenters. The minimum Gasteiger partial charge on any atom is -0.486 e. The van der Waals surface area contributed by atoms with E-state index in [4.69, 9.17) is 4.74 Å². The summed E-state index contributed by atoms with van der Waals surface area (Å²) in [7, 11) is -3.57. The van der Waals surface area contributed by atoms with Gasteiger partial charge in [0.1, 0.15) is 11.5 Å². The van der Waals surface area contributed by atoms with Crippen molar-refractivity contribution in [3.63, 3.8) is 0 Å². The van der Waals surface area contributed by atoms with Crippen molar-refractivity contribution in [3.8, 4) is 11.4 Å². The summed E-state index contributed by atoms with van der Waals surface area (Å²) < 4.78 is 48.0. The molecular weight excluding hydrogens is 507 g/mol. The van der Waals surface area contributed by atoms with Crippen LogP contribution in [0.2, 0.25) is 0 Å². The van der Waals surface area contributed by atoms with Crippen LogP contribution in [0.1, 0.15) is 44.6 Å². The van der Waals surface area contributed by atoms with Gasteiger partial charge in [-0.2, -0.15) is 14.1 Å². The third-order valence-electron chi connectivity index (χ3n) is 6.64. The number of benzene rings is 2. The van der Waals surface area contributed by atoms with Crippen LogP contribution in [-0.2, 0) is 15.8 Å². The van der Waals surface area contributed by atoms with E-state index in [0.717, 1.165) is 25.7 Å². The Bertz CT molecular complexity index is 1340. The molecule has 10 heteroatoms. The van der Waals surface area contributed by atoms with Gasteiger partial charge in [0.2, 0.25) is 15.8 Å². The zero-order valence-electron chi connectivity index (χ0n) is 21.8. The molecular formula is C28H35FN4O4S. The van der Waals surface area contributed by atoms with Gasteiger partial charge in [-0.05, 0) is 36.2 Å². The third kappa shape index (κ3) is 6.99. The van der Waals surface area contributed by atoms with Crippen molar-refractivity contribution >= 4 is 15.7 Å². The second-order valence-corrected chi connectivity index (χ2v) is 11.4. The van der Waals surface area contributed by atoms with E-state index in [-0.39, 0.29) is 30.2 Å². The highest BCUT2D eigenvalue weighted by atomic mass is 32.2. The maximum Gasteiger partial charge on any atom is 0.316 e. The number of piperazine rings is 1. The molecule has 204 valence electrons. The number of halogens is 1. The van der Waals surface area contributed by atoms with Crippen molar-refractivity contribution in [3.05, 3.63) is 82.5 Å². The Hall–Kier alpha value is -3.24. The van der Waals surface area contributed by atoms with E-state index < -0.39 is 15.8 Å². The molecule has 0 N–H and O–H groups in total. The minimum absolute atomic E-state index is 0.186. The monoisotopic (exact) mass is 542 g/mol. The van der Waals surface area contributed by atoms with Crippen LogP contribution in [0, 0.1) is 5.82 Å². The highest BCUT2D eigenvalue weighted by Gasteiger charge is 2.29. The quantitative estimate of drug-likeness (QED) is 0.316. The van der Waals surface area contributed by atoms with Gasteiger partial charge in [-0.15, -0.1) is 0 Å². The normalized spacial score (nSPS) is 14.5. The second-order valence-electron chi connectivity index (χ2n) is 9.44. The van der Waals surface area contributed by atoms with Crippen LogP contribution in [0.5, 0.6) is 5.75 Å². The van der Waals surface area contributed by atoms with Crippen LogP contribution >= 0.6 is 0 Å². The molecule has 2 aromatic carbocycles. The summed E-state index contributed by atoms with van der Waals surface area (Å²) in [5.74, 6) is -0.350. The number of hydrogen-bond acceptors (Lipinski definition) is 6. The Morgan fingerprint density at radius 2 is 1.61 bits per heavy atom. The summed E-state index contributed by atoms with van der Waals surface area (Å²) >= 11 is 0. The Morgan fingerprint density at radius 1 is 0.921 bits per heavy atom. The third-order valence-corrected chi connectivity index (χ3v) is 8.49. The number of sulfonamides is 1. The van der Waals surface area contributed by atoms with Crippen LogP contribution < -0.4 is 15.2 Å². The Morgan fingerprint density at radius 3 is 2.29 bits per heavy atom. The summed E-state index contributed by atoms with van der Waals surface area (Å²) in [5.41, 5.74) is 1.42. The minimum atomic E-state index is -3.57. The summed E-state index contributed by atoms with van der Waals surface area (Å²) in [6, 6.07) is 14.7. The number of anilines is 1. The standard InChI is InChI=1S/C28H35FN4O4S/c1-2-3-4-5-9-20-37-27-26(21-30-33(28(27)34)25-10-7-6-8-11-25)31-16-18-32(19-17-31)38(35,36)22-23-12-14-24(29)15-13-23/h6-8,10-15,21H,2-5,9,16-20,22H2,1H3. The zero-order valence-corrected chi connectivity index (χ0v) is 22.6. The second kappa shape index (κ2) is 13.0. The fourth-order valence-corrected chi connectivity index (χ4v) is 6.03. The van der Waals surface area contributed by atoms with Crippen LogP contribution in [0.3, 0.4) is 0 Å². The topological polar surface area (TPSA) is 84.7 Å². The lowest BCUT2D eigenvalue weighted by molar-refractivity contribution is 0.297. The molecule has 0 spiro atoms. The number of hydrogen-bond donors (Lipinski definition) is 0. The first kappa shape index (κ1) is 27.8. The maximum atomic E-state index is 13.5. The fourth-order valence-electron chi connectivity index (χ4n) is 4.51. The fraction of sp³-hybridized carbons (Fsp3) is 0.429. The Labute approximate surface area is 223 Å². The van der Waals surface area contributed by atoms with E-state index in [2.05, 4.69) is 12.0 Å². The van der Waals surface area contributed by atoms with Gasteiger partial charge in [-0.1, -0.05) is 62.9 Å². The number of unbranched alkanes of at least 4 members (excludes halogenated alkanes) is 4. The van der Waals surface area contributed by atoms with E-state index in [1.807, 2.05) is 35.2 Å². The van der Waals surface area contributed by atoms with Crippen molar-refractivity contribution in [2.45, 2.75) is 44.8 Å². The smallest absolute Gasteiger partial charge is 0.316 e. The molecule has 1 aliphatic heterocycles. The molecule has 0 amide bonds. The SMILES string of the molecule is CCCCCCCOc1c(N2CCN(S(=O)(=O)Cc3ccc(F)cc3)CC2)cnn(-c2ccccc2)c1=O. The van der Waals surface area contributed by atoms with Gasteiger partial charge < -0.3 is 9.64 Å². The molecule has 8 nitrogen and oxygen atoms in total. The van der Waals surface area contributed by atoms with Crippen molar-refractivity contribution in [2.24, 2.45) is 0 Å². The predicted molar refractivity (Wildman–Crippen MR) is 147 cm³/mol. The lowest BCUT2D eigenvalue weighted by atomic mass is 10.2. The lowest BCUT2D eigenvalue weighted by Crippen LogP contribution is -2.49. The summed E-state index contributed by atoms with van der Waals surface area (Å²) in [4.78, 5) is 15.4. The number of aromatic nitrogens is 2. The first-order valence-corrected chi connectivity index (χ1v) is 14.8. The molecule has 1 fully saturated rings. The lowest BCUT2D eigenvalue weighted by Gasteiger charge is -2.35. The van der Waals surface area contributed by atoms with Gasteiger partial charge in [0.25, 0.3) is 0 Å². The van der Waals surface area contributed by atoms with Gasteiger partial charge in [0.05, 0.1) is 24.2 Å². The van der Waals surface area contributed by atoms with Crippen molar-refractivity contribution in [2.75, 3.05) is 37.7 Å². The van der Waals surface area contributed by atoms with Gasteiger partial charge in [0.15, 0.2) is 0 Å². The molecule has 38 heavy (non-hydrogen) atoms. The molecule has 0 aliphatic carbocycles. The van der Waals surface area contributed by atoms with Crippen LogP contribution in [0.15, 0.2) is 65.6 Å². The maximum absolute atomic E-state index is 13.5. The molecule has 3 aromatic rings. The van der Waals surface area contributed by atoms with Crippen LogP contribution in [-0.4, -0.2) is 55.3 Å². The molecule has 1 aliphatic rings. The summed E-state index contributed by atoms with van der Waals surface area (Å²) in [5, 5.41) is 4.40. The summed E-state index contributed by atoms with van der Waals surface area (Å²) in [6.07, 6.45) is 6.97. The van der Waals surface area contributed by atoms with E-state index in [0.29, 0.717) is 36.6 Å². The predicted octanol–water partition coefficient (Wildman–Crippen LogP) is 4.37. The average molecular weight is 543 g/mol. The molecule has 4 rings (SSSR count). The van der Waals surface area contributed by atoms with Gasteiger partial charge in [0, 0.05) is 26.2 Å². The van der Waals surface area contributed by atoms with Crippen molar-refractivity contribution in [1.29, 1.82) is 0 Å². The molecule has 2 heterocycles. The Balaban J connectivity index is 1.49. The van der Waals surface area contributed by atoms with Gasteiger partial charge >= 0.3 is 5.56 Å². The van der Waals surface area contributed by atoms with E-state index in [9.17, 15) is 17.6 Å². The van der Waals surface area contributed by atoms with Crippen molar-refractivity contribution in [1.82, 2.24) is 14.1 Å².